The summed E-state index contributed by atoms with van der Waals surface area (Å²) >= 11 is 0. The number of aliphatic imine (C=N–C) groups is 1. The van der Waals surface area contributed by atoms with Crippen molar-refractivity contribution in [3.8, 4) is 0 Å². The second-order valence-electron chi connectivity index (χ2n) is 6.34. The predicted molar refractivity (Wildman–Crippen MR) is 121 cm³/mol. The molecule has 28 heavy (non-hydrogen) atoms. The van der Waals surface area contributed by atoms with E-state index in [2.05, 4.69) is 39.6 Å². The monoisotopic (exact) mass is 499 g/mol. The maximum atomic E-state index is 13.3. The SMILES string of the molecule is CCc1noc(CC)c1CNC(=NC)NCCc1c[nH]c2cc(F)ccc12.I. The van der Waals surface area contributed by atoms with Crippen LogP contribution in [0.5, 0.6) is 0 Å². The van der Waals surface area contributed by atoms with Gasteiger partial charge in [-0.05, 0) is 36.6 Å². The summed E-state index contributed by atoms with van der Waals surface area (Å²) in [6.45, 7) is 5.47. The van der Waals surface area contributed by atoms with E-state index >= 15 is 0 Å². The molecule has 0 unspecified atom stereocenters. The first kappa shape index (κ1) is 22.2. The highest BCUT2D eigenvalue weighted by atomic mass is 127. The molecular formula is C20H27FIN5O. The number of aromatic amines is 1. The summed E-state index contributed by atoms with van der Waals surface area (Å²) in [6.07, 6.45) is 4.39. The van der Waals surface area contributed by atoms with Crippen LogP contribution in [0.1, 0.15) is 36.4 Å². The van der Waals surface area contributed by atoms with Gasteiger partial charge in [-0.25, -0.2) is 4.39 Å². The third-order valence-electron chi connectivity index (χ3n) is 4.68. The Morgan fingerprint density at radius 2 is 2.07 bits per heavy atom. The van der Waals surface area contributed by atoms with Gasteiger partial charge < -0.3 is 20.1 Å². The van der Waals surface area contributed by atoms with Crippen molar-refractivity contribution in [2.24, 2.45) is 4.99 Å². The van der Waals surface area contributed by atoms with Crippen LogP contribution in [0.15, 0.2) is 33.9 Å². The summed E-state index contributed by atoms with van der Waals surface area (Å²) < 4.78 is 18.7. The second kappa shape index (κ2) is 10.4. The molecule has 1 aromatic carbocycles. The van der Waals surface area contributed by atoms with Gasteiger partial charge in [-0.2, -0.15) is 0 Å². The third-order valence-corrected chi connectivity index (χ3v) is 4.68. The van der Waals surface area contributed by atoms with Crippen molar-refractivity contribution >= 4 is 40.8 Å². The highest BCUT2D eigenvalue weighted by Gasteiger charge is 2.13. The van der Waals surface area contributed by atoms with Gasteiger partial charge in [-0.15, -0.1) is 24.0 Å². The molecule has 0 aliphatic rings. The number of fused-ring (bicyclic) bond motifs is 1. The van der Waals surface area contributed by atoms with Crippen molar-refractivity contribution in [1.29, 1.82) is 0 Å². The van der Waals surface area contributed by atoms with E-state index in [1.54, 1.807) is 7.05 Å². The normalized spacial score (nSPS) is 11.5. The minimum absolute atomic E-state index is 0. The maximum Gasteiger partial charge on any atom is 0.191 e. The molecule has 2 aromatic heterocycles. The molecule has 0 radical (unpaired) electrons. The molecule has 0 spiro atoms. The Balaban J connectivity index is 0.00000280. The van der Waals surface area contributed by atoms with Crippen molar-refractivity contribution in [3.05, 3.63) is 52.8 Å². The van der Waals surface area contributed by atoms with Crippen molar-refractivity contribution in [1.82, 2.24) is 20.8 Å². The minimum atomic E-state index is -0.231. The molecular weight excluding hydrogens is 472 g/mol. The first-order chi connectivity index (χ1) is 13.2. The molecule has 0 amide bonds. The number of guanidine groups is 1. The predicted octanol–water partition coefficient (Wildman–Crippen LogP) is 3.95. The van der Waals surface area contributed by atoms with Crippen LogP contribution in [0, 0.1) is 5.82 Å². The first-order valence-corrected chi connectivity index (χ1v) is 9.32. The van der Waals surface area contributed by atoms with E-state index in [1.807, 2.05) is 12.3 Å². The standard InChI is InChI=1S/C20H26FN5O.HI/c1-4-17-16(19(5-2)27-26-17)12-25-20(22-3)23-9-8-13-11-24-18-10-14(21)6-7-15(13)18;/h6-7,10-11,24H,4-5,8-9,12H2,1-3H3,(H2,22,23,25);1H. The minimum Gasteiger partial charge on any atom is -0.361 e. The summed E-state index contributed by atoms with van der Waals surface area (Å²) in [5.74, 6) is 1.41. The number of hydrogen-bond donors (Lipinski definition) is 3. The van der Waals surface area contributed by atoms with Crippen molar-refractivity contribution < 1.29 is 8.91 Å². The van der Waals surface area contributed by atoms with Crippen molar-refractivity contribution in [2.45, 2.75) is 39.7 Å². The van der Waals surface area contributed by atoms with Gasteiger partial charge >= 0.3 is 0 Å². The van der Waals surface area contributed by atoms with Gasteiger partial charge in [-0.1, -0.05) is 19.0 Å². The van der Waals surface area contributed by atoms with Gasteiger partial charge in [0.05, 0.1) is 5.69 Å². The number of rotatable bonds is 7. The highest BCUT2D eigenvalue weighted by Crippen LogP contribution is 2.19. The lowest BCUT2D eigenvalue weighted by atomic mass is 10.1. The first-order valence-electron chi connectivity index (χ1n) is 9.32. The second-order valence-corrected chi connectivity index (χ2v) is 6.34. The van der Waals surface area contributed by atoms with Crippen LogP contribution in [-0.4, -0.2) is 29.7 Å². The van der Waals surface area contributed by atoms with E-state index in [4.69, 9.17) is 4.52 Å². The van der Waals surface area contributed by atoms with Crippen LogP contribution in [-0.2, 0) is 25.8 Å². The van der Waals surface area contributed by atoms with Crippen LogP contribution in [0.4, 0.5) is 4.39 Å². The maximum absolute atomic E-state index is 13.3. The fourth-order valence-corrected chi connectivity index (χ4v) is 3.21. The Hall–Kier alpha value is -2.10. The Kier molecular flexibility index (Phi) is 8.28. The van der Waals surface area contributed by atoms with Crippen LogP contribution < -0.4 is 10.6 Å². The molecule has 0 aliphatic carbocycles. The molecule has 0 bridgehead atoms. The number of aryl methyl sites for hydroxylation is 2. The summed E-state index contributed by atoms with van der Waals surface area (Å²) in [7, 11) is 1.75. The number of nitrogens with zero attached hydrogens (tertiary/aromatic N) is 2. The number of halogens is 2. The summed E-state index contributed by atoms with van der Waals surface area (Å²) in [6, 6.07) is 4.82. The molecule has 3 aromatic rings. The molecule has 6 nitrogen and oxygen atoms in total. The number of aromatic nitrogens is 2. The van der Waals surface area contributed by atoms with E-state index in [0.717, 1.165) is 65.3 Å². The Labute approximate surface area is 181 Å². The van der Waals surface area contributed by atoms with Crippen LogP contribution in [0.25, 0.3) is 10.9 Å². The van der Waals surface area contributed by atoms with E-state index in [9.17, 15) is 4.39 Å². The Morgan fingerprint density at radius 1 is 1.25 bits per heavy atom. The average molecular weight is 499 g/mol. The Morgan fingerprint density at radius 3 is 2.79 bits per heavy atom. The fraction of sp³-hybridized carbons (Fsp3) is 0.400. The van der Waals surface area contributed by atoms with Crippen LogP contribution >= 0.6 is 24.0 Å². The molecule has 0 atom stereocenters. The van der Waals surface area contributed by atoms with Gasteiger partial charge in [0.1, 0.15) is 11.6 Å². The van der Waals surface area contributed by atoms with Crippen molar-refractivity contribution in [3.63, 3.8) is 0 Å². The summed E-state index contributed by atoms with van der Waals surface area (Å²) in [4.78, 5) is 7.40. The number of benzene rings is 1. The average Bonchev–Trinajstić information content (AvgIpc) is 3.27. The van der Waals surface area contributed by atoms with Gasteiger partial charge in [0.15, 0.2) is 5.96 Å². The van der Waals surface area contributed by atoms with Gasteiger partial charge in [0.2, 0.25) is 0 Å². The highest BCUT2D eigenvalue weighted by molar-refractivity contribution is 14.0. The molecule has 0 saturated heterocycles. The topological polar surface area (TPSA) is 78.2 Å². The zero-order valence-electron chi connectivity index (χ0n) is 16.4. The van der Waals surface area contributed by atoms with Crippen molar-refractivity contribution in [2.75, 3.05) is 13.6 Å². The number of H-pyrrole nitrogens is 1. The molecule has 8 heteroatoms. The zero-order valence-corrected chi connectivity index (χ0v) is 18.8. The molecule has 0 aliphatic heterocycles. The summed E-state index contributed by atoms with van der Waals surface area (Å²) in [5, 5.41) is 11.8. The quantitative estimate of drug-likeness (QED) is 0.262. The van der Waals surface area contributed by atoms with Crippen LogP contribution in [0.2, 0.25) is 0 Å². The lowest BCUT2D eigenvalue weighted by molar-refractivity contribution is 0.380. The Bertz CT molecular complexity index is 912. The van der Waals surface area contributed by atoms with E-state index in [0.29, 0.717) is 6.54 Å². The number of nitrogens with one attached hydrogen (secondary N) is 3. The molecule has 3 N–H and O–H groups in total. The molecule has 2 heterocycles. The van der Waals surface area contributed by atoms with E-state index in [1.165, 1.54) is 12.1 Å². The molecule has 0 saturated carbocycles. The molecule has 152 valence electrons. The van der Waals surface area contributed by atoms with Gasteiger partial charge in [-0.3, -0.25) is 4.99 Å². The van der Waals surface area contributed by atoms with Gasteiger partial charge in [0.25, 0.3) is 0 Å². The fourth-order valence-electron chi connectivity index (χ4n) is 3.21. The smallest absolute Gasteiger partial charge is 0.191 e. The third kappa shape index (κ3) is 5.03. The zero-order chi connectivity index (χ0) is 19.2. The van der Waals surface area contributed by atoms with Gasteiger partial charge in [0, 0.05) is 49.2 Å². The largest absolute Gasteiger partial charge is 0.361 e. The number of hydrogen-bond acceptors (Lipinski definition) is 3. The van der Waals surface area contributed by atoms with E-state index in [-0.39, 0.29) is 29.8 Å². The lowest BCUT2D eigenvalue weighted by Gasteiger charge is -2.12. The van der Waals surface area contributed by atoms with E-state index < -0.39 is 0 Å². The molecule has 0 fully saturated rings. The van der Waals surface area contributed by atoms with Crippen LogP contribution in [0.3, 0.4) is 0 Å². The summed E-state index contributed by atoms with van der Waals surface area (Å²) in [5.41, 5.74) is 4.06. The lowest BCUT2D eigenvalue weighted by Crippen LogP contribution is -2.38. The molecule has 3 rings (SSSR count).